The summed E-state index contributed by atoms with van der Waals surface area (Å²) in [6.45, 7) is 2.57. The topological polar surface area (TPSA) is 41.1 Å². The minimum Gasteiger partial charge on any atom is -0.356 e. The van der Waals surface area contributed by atoms with Gasteiger partial charge in [0, 0.05) is 25.0 Å². The number of amides is 1. The number of nitrogens with one attached hydrogen (secondary N) is 2. The lowest BCUT2D eigenvalue weighted by molar-refractivity contribution is -0.137. The van der Waals surface area contributed by atoms with Crippen LogP contribution in [0.2, 0.25) is 0 Å². The van der Waals surface area contributed by atoms with Crippen molar-refractivity contribution < 1.29 is 18.0 Å². The van der Waals surface area contributed by atoms with Crippen LogP contribution in [0.15, 0.2) is 24.3 Å². The Hall–Kier alpha value is -1.56. The molecule has 2 N–H and O–H groups in total. The summed E-state index contributed by atoms with van der Waals surface area (Å²) < 4.78 is 37.8. The monoisotopic (exact) mass is 354 g/mol. The lowest BCUT2D eigenvalue weighted by atomic mass is 9.92. The van der Waals surface area contributed by atoms with Gasteiger partial charge in [0.25, 0.3) is 0 Å². The molecular weight excluding hydrogens is 329 g/mol. The van der Waals surface area contributed by atoms with Crippen LogP contribution in [0, 0.1) is 5.92 Å². The Morgan fingerprint density at radius 1 is 1.20 bits per heavy atom. The Balaban J connectivity index is 1.45. The van der Waals surface area contributed by atoms with E-state index in [1.807, 2.05) is 6.92 Å². The fourth-order valence-corrected chi connectivity index (χ4v) is 4.07. The first-order chi connectivity index (χ1) is 11.8. The lowest BCUT2D eigenvalue weighted by Gasteiger charge is -2.29. The van der Waals surface area contributed by atoms with Crippen molar-refractivity contribution in [3.05, 3.63) is 35.4 Å². The van der Waals surface area contributed by atoms with Crippen molar-refractivity contribution in [2.45, 2.75) is 63.2 Å². The molecule has 25 heavy (non-hydrogen) atoms. The van der Waals surface area contributed by atoms with Crippen LogP contribution in [-0.4, -0.2) is 24.5 Å². The normalized spacial score (nSPS) is 27.1. The van der Waals surface area contributed by atoms with Crippen LogP contribution in [0.4, 0.5) is 13.2 Å². The standard InChI is InChI=1S/C19H25F3N2O/c1-12(14-2-4-15(5-3-14)19(20,21)22)8-18(25)23-11-13-9-16-6-7-17(10-13)24-16/h2-5,12-13,16-17,24H,6-11H2,1H3,(H,23,25)/t12-,13?,16-,17+/m0/s1. The summed E-state index contributed by atoms with van der Waals surface area (Å²) in [6, 6.07) is 6.29. The molecule has 0 aliphatic carbocycles. The quantitative estimate of drug-likeness (QED) is 0.843. The van der Waals surface area contributed by atoms with Crippen LogP contribution < -0.4 is 10.6 Å². The van der Waals surface area contributed by atoms with Crippen molar-refractivity contribution >= 4 is 5.91 Å². The number of rotatable bonds is 5. The second kappa shape index (κ2) is 7.36. The fraction of sp³-hybridized carbons (Fsp3) is 0.632. The van der Waals surface area contributed by atoms with Crippen molar-refractivity contribution in [1.82, 2.24) is 10.6 Å². The first-order valence-corrected chi connectivity index (χ1v) is 9.01. The van der Waals surface area contributed by atoms with Crippen molar-refractivity contribution in [3.63, 3.8) is 0 Å². The first-order valence-electron chi connectivity index (χ1n) is 9.01. The molecule has 138 valence electrons. The van der Waals surface area contributed by atoms with Gasteiger partial charge in [-0.25, -0.2) is 0 Å². The molecule has 2 saturated heterocycles. The second-order valence-corrected chi connectivity index (χ2v) is 7.50. The van der Waals surface area contributed by atoms with E-state index in [0.717, 1.165) is 30.5 Å². The number of piperidine rings is 1. The van der Waals surface area contributed by atoms with Gasteiger partial charge in [-0.2, -0.15) is 13.2 Å². The van der Waals surface area contributed by atoms with Crippen LogP contribution in [0.1, 0.15) is 56.1 Å². The Morgan fingerprint density at radius 3 is 2.36 bits per heavy atom. The van der Waals surface area contributed by atoms with Gasteiger partial charge >= 0.3 is 6.18 Å². The molecule has 1 aromatic rings. The SMILES string of the molecule is C[C@@H](CC(=O)NCC1C[C@H]2CC[C@@H](C1)N2)c1ccc(C(F)(F)F)cc1. The van der Waals surface area contributed by atoms with E-state index in [-0.39, 0.29) is 11.8 Å². The highest BCUT2D eigenvalue weighted by molar-refractivity contribution is 5.76. The van der Waals surface area contributed by atoms with E-state index in [9.17, 15) is 18.0 Å². The summed E-state index contributed by atoms with van der Waals surface area (Å²) in [4.78, 5) is 12.2. The molecule has 3 rings (SSSR count). The minimum absolute atomic E-state index is 0.0294. The van der Waals surface area contributed by atoms with Gasteiger partial charge in [-0.05, 0) is 55.2 Å². The molecule has 0 radical (unpaired) electrons. The molecule has 2 aliphatic rings. The lowest BCUT2D eigenvalue weighted by Crippen LogP contribution is -2.42. The van der Waals surface area contributed by atoms with Crippen LogP contribution in [0.3, 0.4) is 0 Å². The summed E-state index contributed by atoms with van der Waals surface area (Å²) >= 11 is 0. The molecule has 4 atom stereocenters. The van der Waals surface area contributed by atoms with E-state index in [0.29, 0.717) is 31.0 Å². The zero-order valence-corrected chi connectivity index (χ0v) is 14.4. The fourth-order valence-electron chi connectivity index (χ4n) is 4.07. The van der Waals surface area contributed by atoms with Gasteiger partial charge in [-0.3, -0.25) is 4.79 Å². The molecule has 1 amide bonds. The van der Waals surface area contributed by atoms with E-state index < -0.39 is 11.7 Å². The van der Waals surface area contributed by atoms with Gasteiger partial charge in [0.05, 0.1) is 5.56 Å². The number of fused-ring (bicyclic) bond motifs is 2. The third kappa shape index (κ3) is 4.75. The Kier molecular flexibility index (Phi) is 5.37. The smallest absolute Gasteiger partial charge is 0.356 e. The molecule has 0 aromatic heterocycles. The van der Waals surface area contributed by atoms with Crippen LogP contribution >= 0.6 is 0 Å². The number of carbonyl (C=O) groups is 1. The maximum Gasteiger partial charge on any atom is 0.416 e. The van der Waals surface area contributed by atoms with E-state index in [1.54, 1.807) is 0 Å². The highest BCUT2D eigenvalue weighted by Gasteiger charge is 2.33. The molecule has 2 aliphatic heterocycles. The summed E-state index contributed by atoms with van der Waals surface area (Å²) in [6.07, 6.45) is 0.674. The van der Waals surface area contributed by atoms with Crippen LogP contribution in [0.5, 0.6) is 0 Å². The molecule has 2 heterocycles. The van der Waals surface area contributed by atoms with Gasteiger partial charge in [0.1, 0.15) is 0 Å². The number of alkyl halides is 3. The molecular formula is C19H25F3N2O. The summed E-state index contributed by atoms with van der Waals surface area (Å²) in [5.74, 6) is 0.397. The maximum absolute atomic E-state index is 12.6. The van der Waals surface area contributed by atoms with Crippen molar-refractivity contribution in [3.8, 4) is 0 Å². The second-order valence-electron chi connectivity index (χ2n) is 7.50. The van der Waals surface area contributed by atoms with Gasteiger partial charge in [-0.1, -0.05) is 19.1 Å². The molecule has 2 bridgehead atoms. The molecule has 2 fully saturated rings. The predicted molar refractivity (Wildman–Crippen MR) is 90.2 cm³/mol. The van der Waals surface area contributed by atoms with E-state index in [1.165, 1.54) is 25.0 Å². The van der Waals surface area contributed by atoms with Crippen molar-refractivity contribution in [2.24, 2.45) is 5.92 Å². The van der Waals surface area contributed by atoms with Gasteiger partial charge in [0.15, 0.2) is 0 Å². The number of hydrogen-bond donors (Lipinski definition) is 2. The molecule has 1 unspecified atom stereocenters. The average Bonchev–Trinajstić information content (AvgIpc) is 2.90. The van der Waals surface area contributed by atoms with Gasteiger partial charge in [0.2, 0.25) is 5.91 Å². The Labute approximate surface area is 146 Å². The summed E-state index contributed by atoms with van der Waals surface area (Å²) in [5, 5.41) is 6.59. The van der Waals surface area contributed by atoms with Crippen molar-refractivity contribution in [1.29, 1.82) is 0 Å². The van der Waals surface area contributed by atoms with E-state index in [4.69, 9.17) is 0 Å². The molecule has 0 saturated carbocycles. The predicted octanol–water partition coefficient (Wildman–Crippen LogP) is 3.85. The zero-order chi connectivity index (χ0) is 18.0. The first kappa shape index (κ1) is 18.2. The molecule has 0 spiro atoms. The highest BCUT2D eigenvalue weighted by Crippen LogP contribution is 2.31. The minimum atomic E-state index is -4.33. The summed E-state index contributed by atoms with van der Waals surface area (Å²) in [5.41, 5.74) is 0.0940. The molecule has 6 heteroatoms. The van der Waals surface area contributed by atoms with E-state index >= 15 is 0 Å². The van der Waals surface area contributed by atoms with Crippen LogP contribution in [-0.2, 0) is 11.0 Å². The largest absolute Gasteiger partial charge is 0.416 e. The van der Waals surface area contributed by atoms with Crippen molar-refractivity contribution in [2.75, 3.05) is 6.54 Å². The Bertz CT molecular complexity index is 588. The van der Waals surface area contributed by atoms with Crippen LogP contribution in [0.25, 0.3) is 0 Å². The number of carbonyl (C=O) groups excluding carboxylic acids is 1. The van der Waals surface area contributed by atoms with Gasteiger partial charge < -0.3 is 10.6 Å². The number of halogens is 3. The zero-order valence-electron chi connectivity index (χ0n) is 14.4. The molecule has 3 nitrogen and oxygen atoms in total. The number of benzene rings is 1. The highest BCUT2D eigenvalue weighted by atomic mass is 19.4. The molecule has 1 aromatic carbocycles. The summed E-state index contributed by atoms with van der Waals surface area (Å²) in [7, 11) is 0. The van der Waals surface area contributed by atoms with E-state index in [2.05, 4.69) is 10.6 Å². The average molecular weight is 354 g/mol. The third-order valence-electron chi connectivity index (χ3n) is 5.46. The number of hydrogen-bond acceptors (Lipinski definition) is 2. The third-order valence-corrected chi connectivity index (χ3v) is 5.46. The maximum atomic E-state index is 12.6. The Morgan fingerprint density at radius 2 is 1.80 bits per heavy atom. The van der Waals surface area contributed by atoms with Gasteiger partial charge in [-0.15, -0.1) is 0 Å².